The van der Waals surface area contributed by atoms with Crippen molar-refractivity contribution < 1.29 is 14.4 Å². The van der Waals surface area contributed by atoms with E-state index in [0.717, 1.165) is 86.0 Å². The molecule has 0 N–H and O–H groups in total. The summed E-state index contributed by atoms with van der Waals surface area (Å²) in [5.41, 5.74) is 7.53. The van der Waals surface area contributed by atoms with Crippen molar-refractivity contribution in [2.75, 3.05) is 25.3 Å². The molecule has 0 spiro atoms. The van der Waals surface area contributed by atoms with Crippen LogP contribution in [0, 0.1) is 0 Å². The number of aldehydes is 3. The van der Waals surface area contributed by atoms with E-state index in [4.69, 9.17) is 0 Å². The predicted molar refractivity (Wildman–Crippen MR) is 197 cm³/mol. The van der Waals surface area contributed by atoms with Crippen LogP contribution in [-0.2, 0) is 19.6 Å². The molecule has 0 bridgehead atoms. The standard InChI is InChI=1S/C40H39BrN6O3/c41-28-40(47-18-15-44(31-47)24-34-5-11-37(27-50)12-6-34)20-38(45-16-13-42(29-45)22-32-1-7-35(25-48)8-2-32)19-39(21-40)46-17-14-43(30-46)23-33-3-9-36(26-49)10-4-33/h1-20,25-27H,21-24,28-31H2. The lowest BCUT2D eigenvalue weighted by Gasteiger charge is -2.44. The zero-order valence-electron chi connectivity index (χ0n) is 27.7. The maximum atomic E-state index is 11.2. The molecule has 0 saturated heterocycles. The average molecular weight is 732 g/mol. The van der Waals surface area contributed by atoms with Crippen molar-refractivity contribution in [1.82, 2.24) is 29.4 Å². The molecule has 1 unspecified atom stereocenters. The second kappa shape index (κ2) is 14.6. The maximum absolute atomic E-state index is 11.2. The minimum atomic E-state index is -0.329. The van der Waals surface area contributed by atoms with Crippen molar-refractivity contribution in [1.29, 1.82) is 0 Å². The highest BCUT2D eigenvalue weighted by molar-refractivity contribution is 9.09. The molecule has 0 aromatic heterocycles. The van der Waals surface area contributed by atoms with Gasteiger partial charge in [0.05, 0.1) is 25.5 Å². The highest BCUT2D eigenvalue weighted by Crippen LogP contribution is 2.39. The lowest BCUT2D eigenvalue weighted by Crippen LogP contribution is -2.50. The summed E-state index contributed by atoms with van der Waals surface area (Å²) in [6, 6.07) is 23.3. The van der Waals surface area contributed by atoms with E-state index in [1.807, 2.05) is 72.8 Å². The van der Waals surface area contributed by atoms with Crippen LogP contribution in [0.2, 0.25) is 0 Å². The van der Waals surface area contributed by atoms with Crippen LogP contribution in [0.5, 0.6) is 0 Å². The van der Waals surface area contributed by atoms with Crippen molar-refractivity contribution in [3.05, 3.63) is 167 Å². The summed E-state index contributed by atoms with van der Waals surface area (Å²) in [6.07, 6.45) is 21.1. The maximum Gasteiger partial charge on any atom is 0.150 e. The minimum Gasteiger partial charge on any atom is -0.354 e. The van der Waals surface area contributed by atoms with Crippen LogP contribution in [0.4, 0.5) is 0 Å². The second-order valence-corrected chi connectivity index (χ2v) is 13.7. The lowest BCUT2D eigenvalue weighted by atomic mass is 9.87. The molecule has 7 rings (SSSR count). The lowest BCUT2D eigenvalue weighted by molar-refractivity contribution is 0.111. The van der Waals surface area contributed by atoms with Crippen LogP contribution in [0.15, 0.2) is 134 Å². The molecule has 50 heavy (non-hydrogen) atoms. The number of allylic oxidation sites excluding steroid dienone is 1. The fraction of sp³-hybridized carbons (Fsp3) is 0.225. The Hall–Kier alpha value is -5.35. The summed E-state index contributed by atoms with van der Waals surface area (Å²) >= 11 is 3.95. The summed E-state index contributed by atoms with van der Waals surface area (Å²) in [6.45, 7) is 4.41. The number of rotatable bonds is 13. The Bertz CT molecular complexity index is 1870. The molecule has 0 fully saturated rings. The number of nitrogens with zero attached hydrogens (tertiary/aromatic N) is 6. The number of halogens is 1. The van der Waals surface area contributed by atoms with Gasteiger partial charge in [0.15, 0.2) is 0 Å². The van der Waals surface area contributed by atoms with Gasteiger partial charge in [0, 0.05) is 96.7 Å². The van der Waals surface area contributed by atoms with Gasteiger partial charge in [0.1, 0.15) is 18.9 Å². The first kappa shape index (κ1) is 33.2. The molecule has 0 radical (unpaired) electrons. The fourth-order valence-electron chi connectivity index (χ4n) is 6.75. The third-order valence-electron chi connectivity index (χ3n) is 9.60. The highest BCUT2D eigenvalue weighted by Gasteiger charge is 2.40. The van der Waals surface area contributed by atoms with Crippen molar-refractivity contribution in [3.63, 3.8) is 0 Å². The molecular weight excluding hydrogens is 692 g/mol. The number of hydrogen-bond donors (Lipinski definition) is 0. The zero-order chi connectivity index (χ0) is 34.5. The summed E-state index contributed by atoms with van der Waals surface area (Å²) < 4.78 is 0. The first-order valence-electron chi connectivity index (χ1n) is 16.6. The van der Waals surface area contributed by atoms with Gasteiger partial charge in [-0.3, -0.25) is 14.4 Å². The molecule has 3 aromatic rings. The van der Waals surface area contributed by atoms with E-state index in [-0.39, 0.29) is 5.54 Å². The molecule has 0 saturated carbocycles. The Morgan fingerprint density at radius 2 is 1.00 bits per heavy atom. The first-order valence-corrected chi connectivity index (χ1v) is 17.8. The zero-order valence-corrected chi connectivity index (χ0v) is 29.3. The van der Waals surface area contributed by atoms with Gasteiger partial charge in [-0.25, -0.2) is 0 Å². The molecule has 0 amide bonds. The third-order valence-corrected chi connectivity index (χ3v) is 10.6. The number of hydrogen-bond acceptors (Lipinski definition) is 9. The Kier molecular flexibility index (Phi) is 9.71. The van der Waals surface area contributed by atoms with Gasteiger partial charge in [-0.2, -0.15) is 0 Å². The number of alkyl halides is 1. The predicted octanol–water partition coefficient (Wildman–Crippen LogP) is 6.47. The van der Waals surface area contributed by atoms with Crippen molar-refractivity contribution in [2.45, 2.75) is 31.6 Å². The van der Waals surface area contributed by atoms with Crippen molar-refractivity contribution in [3.8, 4) is 0 Å². The summed E-state index contributed by atoms with van der Waals surface area (Å²) in [5.74, 6) is 0. The van der Waals surface area contributed by atoms with Gasteiger partial charge in [-0.15, -0.1) is 0 Å². The van der Waals surface area contributed by atoms with Crippen LogP contribution in [-0.4, -0.2) is 79.1 Å². The quantitative estimate of drug-likeness (QED) is 0.146. The van der Waals surface area contributed by atoms with E-state index in [2.05, 4.69) is 94.7 Å². The SMILES string of the molecule is O=Cc1ccc(CN2C=CN(C3=CC(CBr)(N4C=CN(Cc5ccc(C=O)cc5)C4)CC(N4C=CN(Cc5ccc(C=O)cc5)C4)=C3)C2)cc1. The van der Waals surface area contributed by atoms with E-state index in [9.17, 15) is 14.4 Å². The van der Waals surface area contributed by atoms with Gasteiger partial charge in [0.25, 0.3) is 0 Å². The van der Waals surface area contributed by atoms with Gasteiger partial charge >= 0.3 is 0 Å². The molecule has 1 atom stereocenters. The first-order chi connectivity index (χ1) is 24.4. The average Bonchev–Trinajstić information content (AvgIpc) is 3.95. The Morgan fingerprint density at radius 1 is 0.560 bits per heavy atom. The molecule has 9 nitrogen and oxygen atoms in total. The van der Waals surface area contributed by atoms with E-state index >= 15 is 0 Å². The molecule has 3 aliphatic heterocycles. The molecule has 254 valence electrons. The van der Waals surface area contributed by atoms with Crippen LogP contribution in [0.3, 0.4) is 0 Å². The van der Waals surface area contributed by atoms with Crippen LogP contribution in [0.25, 0.3) is 0 Å². The van der Waals surface area contributed by atoms with Crippen LogP contribution < -0.4 is 0 Å². The van der Waals surface area contributed by atoms with E-state index < -0.39 is 0 Å². The Labute approximate surface area is 301 Å². The summed E-state index contributed by atoms with van der Waals surface area (Å²) in [7, 11) is 0. The number of carbonyl (C=O) groups is 3. The molecule has 3 aromatic carbocycles. The summed E-state index contributed by atoms with van der Waals surface area (Å²) in [4.78, 5) is 47.3. The van der Waals surface area contributed by atoms with Gasteiger partial charge in [-0.05, 0) is 28.8 Å². The molecule has 10 heteroatoms. The van der Waals surface area contributed by atoms with Gasteiger partial charge < -0.3 is 29.4 Å². The normalized spacial score (nSPS) is 19.8. The molecule has 1 aliphatic carbocycles. The largest absolute Gasteiger partial charge is 0.354 e. The van der Waals surface area contributed by atoms with Crippen LogP contribution >= 0.6 is 15.9 Å². The number of benzene rings is 3. The molecule has 3 heterocycles. The van der Waals surface area contributed by atoms with E-state index in [1.54, 1.807) is 0 Å². The number of carbonyl (C=O) groups excluding carboxylic acids is 3. The molecular formula is C40H39BrN6O3. The van der Waals surface area contributed by atoms with Crippen molar-refractivity contribution in [2.24, 2.45) is 0 Å². The van der Waals surface area contributed by atoms with Crippen LogP contribution in [0.1, 0.15) is 54.2 Å². The Morgan fingerprint density at radius 3 is 1.48 bits per heavy atom. The topological polar surface area (TPSA) is 70.7 Å². The van der Waals surface area contributed by atoms with E-state index in [0.29, 0.717) is 23.4 Å². The monoisotopic (exact) mass is 730 g/mol. The molecule has 4 aliphatic rings. The fourth-order valence-corrected chi connectivity index (χ4v) is 7.44. The Balaban J connectivity index is 1.10. The van der Waals surface area contributed by atoms with E-state index in [1.165, 1.54) is 5.70 Å². The van der Waals surface area contributed by atoms with Gasteiger partial charge in [0.2, 0.25) is 0 Å². The summed E-state index contributed by atoms with van der Waals surface area (Å²) in [5, 5.41) is 0.738. The third kappa shape index (κ3) is 7.30. The van der Waals surface area contributed by atoms with Gasteiger partial charge in [-0.1, -0.05) is 88.7 Å². The minimum absolute atomic E-state index is 0.329. The second-order valence-electron chi connectivity index (χ2n) is 13.2. The smallest absolute Gasteiger partial charge is 0.150 e. The van der Waals surface area contributed by atoms with Crippen molar-refractivity contribution >= 4 is 34.8 Å². The highest BCUT2D eigenvalue weighted by atomic mass is 79.9.